The van der Waals surface area contributed by atoms with Crippen LogP contribution < -0.4 is 10.1 Å². The first-order valence-corrected chi connectivity index (χ1v) is 9.12. The number of ether oxygens (including phenoxy) is 1. The molecule has 3 rings (SSSR count). The Labute approximate surface area is 174 Å². The minimum absolute atomic E-state index is 0.00104. The highest BCUT2D eigenvalue weighted by Gasteiger charge is 2.13. The zero-order chi connectivity index (χ0) is 24.1. The SMILES string of the molecule is [2H]C([2H])([2H])C([2H])([2H])/C(=C(/c1ccc(OCCNC)cc1)c1cccc(O)c1)c1ccccc1. The Morgan fingerprint density at radius 1 is 0.964 bits per heavy atom. The molecule has 0 radical (unpaired) electrons. The Hall–Kier alpha value is -3.04. The highest BCUT2D eigenvalue weighted by Crippen LogP contribution is 2.35. The summed E-state index contributed by atoms with van der Waals surface area (Å²) in [4.78, 5) is 0. The third-order valence-electron chi connectivity index (χ3n) is 4.34. The molecule has 0 unspecified atom stereocenters. The number of rotatable bonds is 8. The first kappa shape index (κ1) is 14.0. The summed E-state index contributed by atoms with van der Waals surface area (Å²) in [5, 5.41) is 13.1. The number of phenols is 1. The fraction of sp³-hybridized carbons (Fsp3) is 0.200. The Morgan fingerprint density at radius 3 is 2.39 bits per heavy atom. The monoisotopic (exact) mass is 378 g/mol. The molecule has 3 aromatic carbocycles. The van der Waals surface area contributed by atoms with Gasteiger partial charge in [0.25, 0.3) is 0 Å². The van der Waals surface area contributed by atoms with E-state index in [1.165, 1.54) is 12.1 Å². The van der Waals surface area contributed by atoms with Gasteiger partial charge in [-0.15, -0.1) is 0 Å². The van der Waals surface area contributed by atoms with E-state index in [0.29, 0.717) is 41.2 Å². The zero-order valence-corrected chi connectivity index (χ0v) is 15.8. The molecule has 3 nitrogen and oxygen atoms in total. The van der Waals surface area contributed by atoms with Crippen LogP contribution in [0.15, 0.2) is 78.9 Å². The summed E-state index contributed by atoms with van der Waals surface area (Å²) in [6, 6.07) is 22.1. The average Bonchev–Trinajstić information content (AvgIpc) is 2.78. The third-order valence-corrected chi connectivity index (χ3v) is 4.34. The maximum Gasteiger partial charge on any atom is 0.119 e. The van der Waals surface area contributed by atoms with Crippen LogP contribution in [0.4, 0.5) is 0 Å². The largest absolute Gasteiger partial charge is 0.508 e. The lowest BCUT2D eigenvalue weighted by molar-refractivity contribution is 0.318. The lowest BCUT2D eigenvalue weighted by Gasteiger charge is -2.17. The van der Waals surface area contributed by atoms with Crippen LogP contribution in [0, 0.1) is 0 Å². The van der Waals surface area contributed by atoms with Gasteiger partial charge in [-0.3, -0.25) is 0 Å². The molecule has 0 heterocycles. The van der Waals surface area contributed by atoms with Gasteiger partial charge in [0.2, 0.25) is 0 Å². The zero-order valence-electron chi connectivity index (χ0n) is 20.8. The van der Waals surface area contributed by atoms with Crippen molar-refractivity contribution in [2.45, 2.75) is 13.2 Å². The van der Waals surface area contributed by atoms with Crippen molar-refractivity contribution in [3.05, 3.63) is 95.6 Å². The van der Waals surface area contributed by atoms with E-state index < -0.39 is 13.2 Å². The molecule has 0 atom stereocenters. The molecule has 0 fully saturated rings. The Bertz CT molecular complexity index is 1090. The van der Waals surface area contributed by atoms with Gasteiger partial charge >= 0.3 is 0 Å². The van der Waals surface area contributed by atoms with E-state index in [9.17, 15) is 5.11 Å². The molecule has 0 aromatic heterocycles. The molecule has 0 spiro atoms. The van der Waals surface area contributed by atoms with Crippen molar-refractivity contribution >= 4 is 11.1 Å². The highest BCUT2D eigenvalue weighted by molar-refractivity contribution is 5.98. The van der Waals surface area contributed by atoms with Gasteiger partial charge in [0.05, 0.1) is 0 Å². The number of nitrogens with one attached hydrogen (secondary N) is 1. The summed E-state index contributed by atoms with van der Waals surface area (Å²) >= 11 is 0. The van der Waals surface area contributed by atoms with Crippen LogP contribution in [0.25, 0.3) is 11.1 Å². The van der Waals surface area contributed by atoms with Crippen molar-refractivity contribution in [3.8, 4) is 11.5 Å². The van der Waals surface area contributed by atoms with E-state index >= 15 is 0 Å². The van der Waals surface area contributed by atoms with Crippen LogP contribution in [0.2, 0.25) is 0 Å². The van der Waals surface area contributed by atoms with Crippen molar-refractivity contribution < 1.29 is 16.7 Å². The summed E-state index contributed by atoms with van der Waals surface area (Å²) in [7, 11) is 1.84. The van der Waals surface area contributed by atoms with Crippen LogP contribution in [0.5, 0.6) is 11.5 Å². The van der Waals surface area contributed by atoms with Crippen molar-refractivity contribution in [1.29, 1.82) is 0 Å². The van der Waals surface area contributed by atoms with Gasteiger partial charge in [0, 0.05) is 13.4 Å². The number of hydrogen-bond donors (Lipinski definition) is 2. The molecule has 3 aromatic rings. The van der Waals surface area contributed by atoms with E-state index in [-0.39, 0.29) is 11.3 Å². The lowest BCUT2D eigenvalue weighted by Crippen LogP contribution is -2.15. The second-order valence-corrected chi connectivity index (χ2v) is 6.27. The molecule has 3 heteroatoms. The molecule has 0 aliphatic rings. The van der Waals surface area contributed by atoms with Gasteiger partial charge in [-0.05, 0) is 65.5 Å². The van der Waals surface area contributed by atoms with E-state index in [1.54, 1.807) is 66.7 Å². The summed E-state index contributed by atoms with van der Waals surface area (Å²) in [6.07, 6.45) is -2.67. The average molecular weight is 379 g/mol. The minimum atomic E-state index is -2.92. The molecule has 28 heavy (non-hydrogen) atoms. The number of benzene rings is 3. The van der Waals surface area contributed by atoms with E-state index in [1.807, 2.05) is 7.05 Å². The Kier molecular flexibility index (Phi) is 4.89. The normalized spacial score (nSPS) is 15.4. The van der Waals surface area contributed by atoms with E-state index in [0.717, 1.165) is 0 Å². The minimum Gasteiger partial charge on any atom is -0.508 e. The molecular formula is C25H27NO2. The quantitative estimate of drug-likeness (QED) is 0.409. The lowest BCUT2D eigenvalue weighted by atomic mass is 9.88. The fourth-order valence-corrected chi connectivity index (χ4v) is 2.99. The predicted octanol–water partition coefficient (Wildman–Crippen LogP) is 5.36. The molecular weight excluding hydrogens is 346 g/mol. The number of likely N-dealkylation sites (N-methyl/N-ethyl adjacent to an activating group) is 1. The van der Waals surface area contributed by atoms with E-state index in [4.69, 9.17) is 11.6 Å². The summed E-state index contributed by atoms with van der Waals surface area (Å²) in [5.41, 5.74) is 1.98. The van der Waals surface area contributed by atoms with Crippen LogP contribution in [0.3, 0.4) is 0 Å². The molecule has 0 saturated carbocycles. The van der Waals surface area contributed by atoms with Gasteiger partial charge in [-0.25, -0.2) is 0 Å². The Balaban J connectivity index is 2.30. The second-order valence-electron chi connectivity index (χ2n) is 6.27. The number of hydrogen-bond acceptors (Lipinski definition) is 3. The van der Waals surface area contributed by atoms with Crippen LogP contribution in [-0.2, 0) is 0 Å². The Morgan fingerprint density at radius 2 is 1.71 bits per heavy atom. The van der Waals surface area contributed by atoms with Crippen molar-refractivity contribution in [2.75, 3.05) is 20.2 Å². The fourth-order valence-electron chi connectivity index (χ4n) is 2.99. The smallest absolute Gasteiger partial charge is 0.119 e. The number of phenolic OH excluding ortho intramolecular Hbond substituents is 1. The van der Waals surface area contributed by atoms with Crippen molar-refractivity contribution in [1.82, 2.24) is 5.32 Å². The van der Waals surface area contributed by atoms with E-state index in [2.05, 4.69) is 5.32 Å². The summed E-state index contributed by atoms with van der Waals surface area (Å²) in [6.45, 7) is -1.74. The van der Waals surface area contributed by atoms with Gasteiger partial charge in [0.15, 0.2) is 0 Å². The summed E-state index contributed by atoms with van der Waals surface area (Å²) < 4.78 is 46.9. The molecule has 144 valence electrons. The molecule has 2 N–H and O–H groups in total. The summed E-state index contributed by atoms with van der Waals surface area (Å²) in [5.74, 6) is 0.642. The highest BCUT2D eigenvalue weighted by atomic mass is 16.5. The first-order chi connectivity index (χ1) is 15.6. The standard InChI is InChI=1S/C25H27NO2/c1-3-24(19-8-5-4-6-9-19)25(21-10-7-11-22(27)18-21)20-12-14-23(15-13-20)28-17-16-26-2/h4-15,18,26-27H,3,16-17H2,1-2H3/b25-24+/i1D3,3D2. The number of aromatic hydroxyl groups is 1. The maximum absolute atomic E-state index is 10.1. The maximum atomic E-state index is 10.1. The molecule has 0 amide bonds. The van der Waals surface area contributed by atoms with Crippen LogP contribution in [0.1, 0.15) is 36.8 Å². The van der Waals surface area contributed by atoms with Crippen LogP contribution in [-0.4, -0.2) is 25.3 Å². The van der Waals surface area contributed by atoms with Gasteiger partial charge in [-0.1, -0.05) is 61.4 Å². The number of allylic oxidation sites excluding steroid dienone is 1. The first-order valence-electron chi connectivity index (χ1n) is 11.6. The van der Waals surface area contributed by atoms with Gasteiger partial charge in [-0.2, -0.15) is 0 Å². The van der Waals surface area contributed by atoms with Crippen LogP contribution >= 0.6 is 0 Å². The molecule has 0 aliphatic carbocycles. The predicted molar refractivity (Wildman–Crippen MR) is 117 cm³/mol. The topological polar surface area (TPSA) is 41.5 Å². The van der Waals surface area contributed by atoms with Crippen molar-refractivity contribution in [2.24, 2.45) is 0 Å². The van der Waals surface area contributed by atoms with Gasteiger partial charge < -0.3 is 15.2 Å². The molecule has 0 bridgehead atoms. The van der Waals surface area contributed by atoms with Crippen molar-refractivity contribution in [3.63, 3.8) is 0 Å². The van der Waals surface area contributed by atoms with Gasteiger partial charge in [0.1, 0.15) is 18.1 Å². The molecule has 0 aliphatic heterocycles. The molecule has 0 saturated heterocycles. The third kappa shape index (κ3) is 4.81. The second kappa shape index (κ2) is 9.77.